The molecule has 308 valence electrons. The molecule has 2 aromatic heterocycles. The number of benzene rings is 10. The second-order valence-electron chi connectivity index (χ2n) is 16.6. The van der Waals surface area contributed by atoms with E-state index in [1.807, 2.05) is 36.4 Å². The number of rotatable bonds is 8. The molecule has 0 unspecified atom stereocenters. The predicted molar refractivity (Wildman–Crippen MR) is 274 cm³/mol. The molecule has 12 rings (SSSR count). The second-order valence-corrected chi connectivity index (χ2v) is 16.6. The van der Waals surface area contributed by atoms with E-state index >= 15 is 0 Å². The van der Waals surface area contributed by atoms with E-state index in [1.165, 1.54) is 43.4 Å². The highest BCUT2D eigenvalue weighted by atomic mass is 14.9. The van der Waals surface area contributed by atoms with Crippen LogP contribution in [0.3, 0.4) is 0 Å². The number of hydrogen-bond acceptors (Lipinski definition) is 4. The number of aromatic nitrogens is 4. The van der Waals surface area contributed by atoms with Gasteiger partial charge in [-0.15, -0.1) is 0 Å². The van der Waals surface area contributed by atoms with Crippen molar-refractivity contribution >= 4 is 32.3 Å². The average Bonchev–Trinajstić information content (AvgIpc) is 3.40. The number of hydrogen-bond donors (Lipinski definition) is 0. The van der Waals surface area contributed by atoms with Gasteiger partial charge in [-0.25, -0.2) is 19.9 Å². The minimum atomic E-state index is 0.703. The molecule has 0 saturated heterocycles. The Kier molecular flexibility index (Phi) is 9.81. The number of nitrogens with zero attached hydrogens (tertiary/aromatic N) is 4. The lowest BCUT2D eigenvalue weighted by atomic mass is 9.92. The topological polar surface area (TPSA) is 51.6 Å². The molecule has 0 atom stereocenters. The van der Waals surface area contributed by atoms with Crippen LogP contribution in [0, 0.1) is 0 Å². The Morgan fingerprint density at radius 3 is 0.955 bits per heavy atom. The summed E-state index contributed by atoms with van der Waals surface area (Å²) in [6.07, 6.45) is 0. The molecule has 12 aromatic rings. The molecule has 0 aliphatic rings. The monoisotopic (exact) mass is 840 g/mol. The quantitative estimate of drug-likeness (QED) is 0.153. The molecule has 4 nitrogen and oxygen atoms in total. The van der Waals surface area contributed by atoms with Crippen LogP contribution in [0.4, 0.5) is 0 Å². The van der Waals surface area contributed by atoms with Crippen LogP contribution in [0.25, 0.3) is 122 Å². The van der Waals surface area contributed by atoms with E-state index in [0.717, 1.165) is 67.3 Å². The van der Waals surface area contributed by atoms with Gasteiger partial charge in [-0.3, -0.25) is 0 Å². The molecule has 4 heteroatoms. The van der Waals surface area contributed by atoms with Crippen molar-refractivity contribution in [3.05, 3.63) is 243 Å². The Morgan fingerprint density at radius 1 is 0.197 bits per heavy atom. The summed E-state index contributed by atoms with van der Waals surface area (Å²) in [5.74, 6) is 1.41. The third kappa shape index (κ3) is 7.27. The maximum absolute atomic E-state index is 5.13. The van der Waals surface area contributed by atoms with Crippen molar-refractivity contribution in [3.63, 3.8) is 0 Å². The van der Waals surface area contributed by atoms with Crippen LogP contribution in [0.1, 0.15) is 0 Å². The highest BCUT2D eigenvalue weighted by Gasteiger charge is 2.16. The molecule has 0 spiro atoms. The molecule has 0 bridgehead atoms. The highest BCUT2D eigenvalue weighted by Crippen LogP contribution is 2.38. The summed E-state index contributed by atoms with van der Waals surface area (Å²) in [6, 6.07) is 85.3. The molecule has 66 heavy (non-hydrogen) atoms. The summed E-state index contributed by atoms with van der Waals surface area (Å²) in [6.45, 7) is 0. The SMILES string of the molecule is c1ccc(-c2nc(-c3ccc(-c4cccc5c(-c6ccc(-c7cc(-c8cccc9ccccc89)nc(-c8ccccc8)n7)cc6)cccc45)cc3)cc(-c3cccc4ccccc34)n2)cc1. The Hall–Kier alpha value is -8.86. The Bertz CT molecular complexity index is 3470. The average molecular weight is 841 g/mol. The van der Waals surface area contributed by atoms with Crippen LogP contribution in [0.2, 0.25) is 0 Å². The van der Waals surface area contributed by atoms with E-state index in [4.69, 9.17) is 19.9 Å². The van der Waals surface area contributed by atoms with Gasteiger partial charge in [0.15, 0.2) is 11.6 Å². The fraction of sp³-hybridized carbons (Fsp3) is 0. The normalized spacial score (nSPS) is 11.3. The van der Waals surface area contributed by atoms with Crippen LogP contribution in [0.5, 0.6) is 0 Å². The minimum Gasteiger partial charge on any atom is -0.228 e. The standard InChI is InChI=1S/C62H40N4/c1-3-17-47(18-4-1)61-63-57(39-59(65-61)55-29-11-21-41-15-7-9-23-51(41)55)45-35-31-43(32-36-45)49-25-13-28-54-50(26-14-27-53(49)54)44-33-37-46(38-34-44)58-40-60(66-62(64-58)48-19-5-2-6-20-48)56-30-12-22-42-16-8-10-24-52(42)56/h1-40H. The molecule has 10 aromatic carbocycles. The second kappa shape index (κ2) is 16.7. The van der Waals surface area contributed by atoms with Gasteiger partial charge in [0, 0.05) is 33.4 Å². The Morgan fingerprint density at radius 2 is 0.515 bits per heavy atom. The fourth-order valence-corrected chi connectivity index (χ4v) is 9.25. The van der Waals surface area contributed by atoms with Crippen LogP contribution in [-0.2, 0) is 0 Å². The molecule has 0 N–H and O–H groups in total. The molecule has 0 aliphatic carbocycles. The smallest absolute Gasteiger partial charge is 0.160 e. The van der Waals surface area contributed by atoms with Crippen molar-refractivity contribution in [1.29, 1.82) is 0 Å². The van der Waals surface area contributed by atoms with E-state index in [1.54, 1.807) is 0 Å². The van der Waals surface area contributed by atoms with Crippen molar-refractivity contribution in [2.45, 2.75) is 0 Å². The van der Waals surface area contributed by atoms with Gasteiger partial charge in [0.05, 0.1) is 22.8 Å². The maximum Gasteiger partial charge on any atom is 0.160 e. The lowest BCUT2D eigenvalue weighted by Gasteiger charge is -2.14. The summed E-state index contributed by atoms with van der Waals surface area (Å²) in [4.78, 5) is 20.5. The van der Waals surface area contributed by atoms with E-state index in [-0.39, 0.29) is 0 Å². The van der Waals surface area contributed by atoms with Crippen molar-refractivity contribution < 1.29 is 0 Å². The van der Waals surface area contributed by atoms with Crippen LogP contribution in [0.15, 0.2) is 243 Å². The van der Waals surface area contributed by atoms with Crippen LogP contribution >= 0.6 is 0 Å². The van der Waals surface area contributed by atoms with Gasteiger partial charge < -0.3 is 0 Å². The third-order valence-corrected chi connectivity index (χ3v) is 12.6. The van der Waals surface area contributed by atoms with Gasteiger partial charge in [-0.2, -0.15) is 0 Å². The summed E-state index contributed by atoms with van der Waals surface area (Å²) in [5, 5.41) is 7.09. The van der Waals surface area contributed by atoms with Crippen LogP contribution < -0.4 is 0 Å². The zero-order valence-corrected chi connectivity index (χ0v) is 35.9. The summed E-state index contributed by atoms with van der Waals surface area (Å²) < 4.78 is 0. The molecule has 0 amide bonds. The fourth-order valence-electron chi connectivity index (χ4n) is 9.25. The van der Waals surface area contributed by atoms with E-state index in [2.05, 4.69) is 206 Å². The first-order valence-electron chi connectivity index (χ1n) is 22.3. The molecule has 2 heterocycles. The first-order chi connectivity index (χ1) is 32.7. The molecular weight excluding hydrogens is 801 g/mol. The van der Waals surface area contributed by atoms with Gasteiger partial charge in [-0.1, -0.05) is 231 Å². The van der Waals surface area contributed by atoms with E-state index in [0.29, 0.717) is 11.6 Å². The zero-order valence-electron chi connectivity index (χ0n) is 35.9. The van der Waals surface area contributed by atoms with Crippen LogP contribution in [-0.4, -0.2) is 19.9 Å². The van der Waals surface area contributed by atoms with Gasteiger partial charge in [0.1, 0.15) is 0 Å². The Labute approximate surface area is 383 Å². The Balaban J connectivity index is 0.890. The van der Waals surface area contributed by atoms with Crippen molar-refractivity contribution in [2.75, 3.05) is 0 Å². The van der Waals surface area contributed by atoms with E-state index < -0.39 is 0 Å². The van der Waals surface area contributed by atoms with Gasteiger partial charge >= 0.3 is 0 Å². The highest BCUT2D eigenvalue weighted by molar-refractivity contribution is 6.05. The molecule has 0 saturated carbocycles. The minimum absolute atomic E-state index is 0.703. The molecule has 0 aliphatic heterocycles. The first kappa shape index (κ1) is 38.8. The molecular formula is C62H40N4. The lowest BCUT2D eigenvalue weighted by Crippen LogP contribution is -1.96. The lowest BCUT2D eigenvalue weighted by molar-refractivity contribution is 1.18. The van der Waals surface area contributed by atoms with E-state index in [9.17, 15) is 0 Å². The maximum atomic E-state index is 5.13. The summed E-state index contributed by atoms with van der Waals surface area (Å²) in [5.41, 5.74) is 14.4. The van der Waals surface area contributed by atoms with Gasteiger partial charge in [-0.05, 0) is 66.7 Å². The summed E-state index contributed by atoms with van der Waals surface area (Å²) in [7, 11) is 0. The van der Waals surface area contributed by atoms with Crippen molar-refractivity contribution in [1.82, 2.24) is 19.9 Å². The summed E-state index contributed by atoms with van der Waals surface area (Å²) >= 11 is 0. The van der Waals surface area contributed by atoms with Gasteiger partial charge in [0.2, 0.25) is 0 Å². The first-order valence-corrected chi connectivity index (χ1v) is 22.3. The predicted octanol–water partition coefficient (Wildman–Crippen LogP) is 16.1. The third-order valence-electron chi connectivity index (χ3n) is 12.6. The number of fused-ring (bicyclic) bond motifs is 3. The zero-order chi connectivity index (χ0) is 43.8. The van der Waals surface area contributed by atoms with Crippen molar-refractivity contribution in [3.8, 4) is 90.1 Å². The van der Waals surface area contributed by atoms with Gasteiger partial charge in [0.25, 0.3) is 0 Å². The molecule has 0 radical (unpaired) electrons. The van der Waals surface area contributed by atoms with Crippen molar-refractivity contribution in [2.24, 2.45) is 0 Å². The largest absolute Gasteiger partial charge is 0.228 e. The molecule has 0 fully saturated rings.